The Hall–Kier alpha value is -1.43. The molecular weight excluding hydrogens is 189 g/mol. The van der Waals surface area contributed by atoms with Crippen LogP contribution in [0.1, 0.15) is 0 Å². The van der Waals surface area contributed by atoms with Crippen LogP contribution < -0.4 is 16.6 Å². The van der Waals surface area contributed by atoms with E-state index in [1.807, 2.05) is 4.98 Å². The van der Waals surface area contributed by atoms with E-state index < -0.39 is 17.1 Å². The SMILES string of the molecule is O=c1[nH]c(=O)n(CC2CNC2)cc1F. The number of halogens is 1. The molecule has 0 radical (unpaired) electrons. The van der Waals surface area contributed by atoms with Crippen molar-refractivity contribution >= 4 is 0 Å². The van der Waals surface area contributed by atoms with Crippen molar-refractivity contribution in [2.75, 3.05) is 13.1 Å². The highest BCUT2D eigenvalue weighted by Crippen LogP contribution is 2.04. The average Bonchev–Trinajstić information content (AvgIpc) is 2.06. The molecule has 5 nitrogen and oxygen atoms in total. The van der Waals surface area contributed by atoms with Crippen LogP contribution in [0.4, 0.5) is 4.39 Å². The summed E-state index contributed by atoms with van der Waals surface area (Å²) >= 11 is 0. The number of hydrogen-bond donors (Lipinski definition) is 2. The molecule has 1 aliphatic heterocycles. The molecular formula is C8H10FN3O2. The predicted octanol–water partition coefficient (Wildman–Crippen LogP) is -1.10. The van der Waals surface area contributed by atoms with Gasteiger partial charge in [0, 0.05) is 25.6 Å². The van der Waals surface area contributed by atoms with E-state index in [9.17, 15) is 14.0 Å². The number of nitrogens with zero attached hydrogens (tertiary/aromatic N) is 1. The summed E-state index contributed by atoms with van der Waals surface area (Å²) in [5.74, 6) is -0.574. The van der Waals surface area contributed by atoms with E-state index in [0.717, 1.165) is 19.3 Å². The fourth-order valence-corrected chi connectivity index (χ4v) is 1.37. The van der Waals surface area contributed by atoms with Crippen LogP contribution in [-0.2, 0) is 6.54 Å². The minimum atomic E-state index is -0.960. The fraction of sp³-hybridized carbons (Fsp3) is 0.500. The molecule has 6 heteroatoms. The summed E-state index contributed by atoms with van der Waals surface area (Å²) in [7, 11) is 0. The summed E-state index contributed by atoms with van der Waals surface area (Å²) in [5.41, 5.74) is -1.51. The fourth-order valence-electron chi connectivity index (χ4n) is 1.37. The Morgan fingerprint density at radius 3 is 2.79 bits per heavy atom. The van der Waals surface area contributed by atoms with Crippen molar-refractivity contribution < 1.29 is 4.39 Å². The predicted molar refractivity (Wildman–Crippen MR) is 47.6 cm³/mol. The molecule has 2 rings (SSSR count). The Kier molecular flexibility index (Phi) is 2.20. The molecule has 2 heterocycles. The van der Waals surface area contributed by atoms with E-state index in [4.69, 9.17) is 0 Å². The van der Waals surface area contributed by atoms with E-state index in [1.165, 1.54) is 4.57 Å². The van der Waals surface area contributed by atoms with Crippen LogP contribution in [0.3, 0.4) is 0 Å². The van der Waals surface area contributed by atoms with Crippen LogP contribution >= 0.6 is 0 Å². The van der Waals surface area contributed by atoms with E-state index >= 15 is 0 Å². The molecule has 1 saturated heterocycles. The maximum atomic E-state index is 12.8. The summed E-state index contributed by atoms with van der Waals surface area (Å²) in [6.45, 7) is 2.10. The minimum absolute atomic E-state index is 0.345. The van der Waals surface area contributed by atoms with Gasteiger partial charge in [-0.15, -0.1) is 0 Å². The van der Waals surface area contributed by atoms with Crippen LogP contribution in [0, 0.1) is 11.7 Å². The van der Waals surface area contributed by atoms with Gasteiger partial charge in [-0.2, -0.15) is 4.39 Å². The van der Waals surface area contributed by atoms with Crippen molar-refractivity contribution in [3.05, 3.63) is 32.9 Å². The summed E-state index contributed by atoms with van der Waals surface area (Å²) in [6, 6.07) is 0. The molecule has 76 valence electrons. The van der Waals surface area contributed by atoms with Crippen molar-refractivity contribution in [2.24, 2.45) is 5.92 Å². The topological polar surface area (TPSA) is 66.9 Å². The third kappa shape index (κ3) is 1.60. The van der Waals surface area contributed by atoms with Crippen LogP contribution in [-0.4, -0.2) is 22.6 Å². The van der Waals surface area contributed by atoms with Gasteiger partial charge < -0.3 is 5.32 Å². The Bertz CT molecular complexity index is 447. The monoisotopic (exact) mass is 199 g/mol. The molecule has 1 aromatic rings. The van der Waals surface area contributed by atoms with Crippen molar-refractivity contribution in [1.82, 2.24) is 14.9 Å². The number of H-pyrrole nitrogens is 1. The number of hydrogen-bond acceptors (Lipinski definition) is 3. The largest absolute Gasteiger partial charge is 0.328 e. The van der Waals surface area contributed by atoms with Crippen molar-refractivity contribution in [3.8, 4) is 0 Å². The lowest BCUT2D eigenvalue weighted by molar-refractivity contribution is 0.299. The Morgan fingerprint density at radius 1 is 1.50 bits per heavy atom. The average molecular weight is 199 g/mol. The first kappa shape index (κ1) is 9.14. The third-order valence-corrected chi connectivity index (χ3v) is 2.29. The van der Waals surface area contributed by atoms with Gasteiger partial charge in [-0.1, -0.05) is 0 Å². The molecule has 0 unspecified atom stereocenters. The van der Waals surface area contributed by atoms with Gasteiger partial charge in [-0.25, -0.2) is 4.79 Å². The molecule has 0 atom stereocenters. The second-order valence-electron chi connectivity index (χ2n) is 3.41. The molecule has 0 bridgehead atoms. The van der Waals surface area contributed by atoms with E-state index in [1.54, 1.807) is 0 Å². The second kappa shape index (κ2) is 3.38. The molecule has 2 N–H and O–H groups in total. The van der Waals surface area contributed by atoms with Gasteiger partial charge in [0.25, 0.3) is 5.56 Å². The van der Waals surface area contributed by atoms with Gasteiger partial charge in [-0.05, 0) is 0 Å². The number of aromatic nitrogens is 2. The minimum Gasteiger partial charge on any atom is -0.316 e. The third-order valence-electron chi connectivity index (χ3n) is 2.29. The Labute approximate surface area is 78.6 Å². The number of nitrogens with one attached hydrogen (secondary N) is 2. The highest BCUT2D eigenvalue weighted by atomic mass is 19.1. The quantitative estimate of drug-likeness (QED) is 0.635. The molecule has 0 aromatic carbocycles. The zero-order valence-electron chi connectivity index (χ0n) is 7.42. The van der Waals surface area contributed by atoms with Crippen molar-refractivity contribution in [1.29, 1.82) is 0 Å². The molecule has 1 fully saturated rings. The molecule has 0 amide bonds. The Morgan fingerprint density at radius 2 is 2.21 bits per heavy atom. The van der Waals surface area contributed by atoms with Gasteiger partial charge in [-0.3, -0.25) is 14.3 Å². The summed E-state index contributed by atoms with van der Waals surface area (Å²) in [5, 5.41) is 3.05. The van der Waals surface area contributed by atoms with E-state index in [-0.39, 0.29) is 0 Å². The summed E-state index contributed by atoms with van der Waals surface area (Å²) in [6.07, 6.45) is 0.958. The smallest absolute Gasteiger partial charge is 0.316 e. The maximum absolute atomic E-state index is 12.8. The first-order valence-electron chi connectivity index (χ1n) is 4.37. The van der Waals surface area contributed by atoms with Gasteiger partial charge in [0.2, 0.25) is 5.82 Å². The molecule has 1 aliphatic rings. The zero-order chi connectivity index (χ0) is 10.1. The zero-order valence-corrected chi connectivity index (χ0v) is 7.42. The lowest BCUT2D eigenvalue weighted by Crippen LogP contribution is -2.46. The normalized spacial score (nSPS) is 16.6. The highest BCUT2D eigenvalue weighted by Gasteiger charge is 2.18. The summed E-state index contributed by atoms with van der Waals surface area (Å²) in [4.78, 5) is 23.8. The van der Waals surface area contributed by atoms with Gasteiger partial charge in [0.15, 0.2) is 0 Å². The molecule has 0 spiro atoms. The molecule has 14 heavy (non-hydrogen) atoms. The van der Waals surface area contributed by atoms with Crippen LogP contribution in [0.2, 0.25) is 0 Å². The summed E-state index contributed by atoms with van der Waals surface area (Å²) < 4.78 is 14.0. The molecule has 1 aromatic heterocycles. The van der Waals surface area contributed by atoms with E-state index in [0.29, 0.717) is 12.5 Å². The lowest BCUT2D eigenvalue weighted by atomic mass is 10.0. The van der Waals surface area contributed by atoms with Crippen LogP contribution in [0.25, 0.3) is 0 Å². The molecule has 0 saturated carbocycles. The standard InChI is InChI=1S/C8H10FN3O2/c9-6-4-12(3-5-1-10-2-5)8(14)11-7(6)13/h4-5,10H,1-3H2,(H,11,13,14). The first-order chi connectivity index (χ1) is 6.66. The van der Waals surface area contributed by atoms with Crippen LogP contribution in [0.5, 0.6) is 0 Å². The van der Waals surface area contributed by atoms with Crippen molar-refractivity contribution in [3.63, 3.8) is 0 Å². The number of aromatic amines is 1. The van der Waals surface area contributed by atoms with Gasteiger partial charge >= 0.3 is 5.69 Å². The maximum Gasteiger partial charge on any atom is 0.328 e. The van der Waals surface area contributed by atoms with Gasteiger partial charge in [0.1, 0.15) is 0 Å². The van der Waals surface area contributed by atoms with Crippen LogP contribution in [0.15, 0.2) is 15.8 Å². The lowest BCUT2D eigenvalue weighted by Gasteiger charge is -2.27. The molecule has 0 aliphatic carbocycles. The Balaban J connectivity index is 2.28. The first-order valence-corrected chi connectivity index (χ1v) is 4.37. The van der Waals surface area contributed by atoms with E-state index in [2.05, 4.69) is 5.32 Å². The van der Waals surface area contributed by atoms with Gasteiger partial charge in [0.05, 0.1) is 6.20 Å². The van der Waals surface area contributed by atoms with Crippen molar-refractivity contribution in [2.45, 2.75) is 6.54 Å². The number of rotatable bonds is 2. The highest BCUT2D eigenvalue weighted by molar-refractivity contribution is 4.88. The second-order valence-corrected chi connectivity index (χ2v) is 3.41.